The summed E-state index contributed by atoms with van der Waals surface area (Å²) < 4.78 is 29.2. The van der Waals surface area contributed by atoms with Crippen molar-refractivity contribution in [3.8, 4) is 0 Å². The second-order valence-electron chi connectivity index (χ2n) is 8.15. The smallest absolute Gasteiger partial charge is 0.296 e. The lowest BCUT2D eigenvalue weighted by Gasteiger charge is -2.06. The van der Waals surface area contributed by atoms with E-state index in [0.29, 0.717) is 5.69 Å². The summed E-state index contributed by atoms with van der Waals surface area (Å²) in [5, 5.41) is 0. The third kappa shape index (κ3) is 13.7. The molecule has 4 nitrogen and oxygen atoms in total. The van der Waals surface area contributed by atoms with Crippen molar-refractivity contribution in [3.63, 3.8) is 0 Å². The Morgan fingerprint density at radius 2 is 1.03 bits per heavy atom. The maximum Gasteiger partial charge on any atom is 0.296 e. The summed E-state index contributed by atoms with van der Waals surface area (Å²) in [6, 6.07) is 6.12. The normalized spacial score (nSPS) is 11.8. The van der Waals surface area contributed by atoms with Crippen LogP contribution in [0.5, 0.6) is 0 Å². The predicted molar refractivity (Wildman–Crippen MR) is 124 cm³/mol. The highest BCUT2D eigenvalue weighted by Crippen LogP contribution is 2.16. The Labute approximate surface area is 179 Å². The van der Waals surface area contributed by atoms with E-state index in [4.69, 9.17) is 9.92 Å². The lowest BCUT2D eigenvalue weighted by atomic mass is 10.0. The van der Waals surface area contributed by atoms with E-state index in [1.54, 1.807) is 12.1 Å². The van der Waals surface area contributed by atoms with Gasteiger partial charge in [0, 0.05) is 5.69 Å². The molecule has 2 N–H and O–H groups in total. The lowest BCUT2D eigenvalue weighted by molar-refractivity contribution is 0.306. The molecule has 0 spiro atoms. The van der Waals surface area contributed by atoms with Gasteiger partial charge in [-0.1, -0.05) is 103 Å². The van der Waals surface area contributed by atoms with Gasteiger partial charge in [-0.25, -0.2) is 0 Å². The zero-order valence-electron chi connectivity index (χ0n) is 18.5. The van der Waals surface area contributed by atoms with Gasteiger partial charge in [-0.3, -0.25) is 4.18 Å². The van der Waals surface area contributed by atoms with Crippen molar-refractivity contribution in [2.75, 3.05) is 12.3 Å². The molecule has 0 aliphatic rings. The average Bonchev–Trinajstić information content (AvgIpc) is 2.70. The maximum atomic E-state index is 12.0. The number of hydrogen-bond acceptors (Lipinski definition) is 4. The first kappa shape index (κ1) is 26.0. The number of anilines is 1. The van der Waals surface area contributed by atoms with Gasteiger partial charge in [-0.2, -0.15) is 8.42 Å². The summed E-state index contributed by atoms with van der Waals surface area (Å²) in [5.74, 6) is 0. The molecular weight excluding hydrogens is 382 g/mol. The van der Waals surface area contributed by atoms with Crippen molar-refractivity contribution in [1.29, 1.82) is 0 Å². The molecule has 0 aliphatic carbocycles. The summed E-state index contributed by atoms with van der Waals surface area (Å²) in [6.07, 6.45) is 20.8. The van der Waals surface area contributed by atoms with Crippen molar-refractivity contribution in [2.24, 2.45) is 0 Å². The van der Waals surface area contributed by atoms with Crippen LogP contribution in [-0.2, 0) is 14.3 Å². The van der Waals surface area contributed by atoms with Crippen molar-refractivity contribution >= 4 is 15.8 Å². The molecule has 5 heteroatoms. The average molecular weight is 426 g/mol. The monoisotopic (exact) mass is 425 g/mol. The first-order valence-electron chi connectivity index (χ1n) is 11.8. The fourth-order valence-corrected chi connectivity index (χ4v) is 4.46. The van der Waals surface area contributed by atoms with Gasteiger partial charge in [-0.15, -0.1) is 0 Å². The number of rotatable bonds is 19. The summed E-state index contributed by atoms with van der Waals surface area (Å²) in [7, 11) is -3.65. The third-order valence-electron chi connectivity index (χ3n) is 5.41. The molecule has 0 fully saturated rings. The van der Waals surface area contributed by atoms with Crippen LogP contribution < -0.4 is 5.73 Å². The van der Waals surface area contributed by atoms with E-state index in [9.17, 15) is 8.42 Å². The van der Waals surface area contributed by atoms with Crippen LogP contribution in [0.15, 0.2) is 29.2 Å². The Bertz CT molecular complexity index is 599. The van der Waals surface area contributed by atoms with Crippen molar-refractivity contribution in [3.05, 3.63) is 24.3 Å². The molecule has 0 saturated heterocycles. The molecule has 0 unspecified atom stereocenters. The molecule has 0 aliphatic heterocycles. The van der Waals surface area contributed by atoms with E-state index in [1.807, 2.05) is 0 Å². The quantitative estimate of drug-likeness (QED) is 0.144. The molecule has 0 radical (unpaired) electrons. The number of nitrogens with two attached hydrogens (primary N) is 1. The fraction of sp³-hybridized carbons (Fsp3) is 0.750. The molecule has 168 valence electrons. The van der Waals surface area contributed by atoms with Crippen LogP contribution in [0.3, 0.4) is 0 Å². The zero-order chi connectivity index (χ0) is 21.2. The Morgan fingerprint density at radius 3 is 1.45 bits per heavy atom. The topological polar surface area (TPSA) is 69.4 Å². The molecule has 0 bridgehead atoms. The van der Waals surface area contributed by atoms with Gasteiger partial charge >= 0.3 is 0 Å². The molecular formula is C24H43NO3S. The molecule has 1 rings (SSSR count). The van der Waals surface area contributed by atoms with Crippen LogP contribution in [0.1, 0.15) is 110 Å². The fourth-order valence-electron chi connectivity index (χ4n) is 3.52. The highest BCUT2D eigenvalue weighted by atomic mass is 32.2. The van der Waals surface area contributed by atoms with Gasteiger partial charge in [-0.05, 0) is 30.7 Å². The molecule has 0 amide bonds. The highest BCUT2D eigenvalue weighted by molar-refractivity contribution is 7.86. The van der Waals surface area contributed by atoms with Gasteiger partial charge in [0.05, 0.1) is 11.5 Å². The van der Waals surface area contributed by atoms with E-state index >= 15 is 0 Å². The number of unbranched alkanes of at least 4 members (excludes halogenated alkanes) is 15. The van der Waals surface area contributed by atoms with Crippen molar-refractivity contribution in [2.45, 2.75) is 115 Å². The Balaban J connectivity index is 1.86. The second kappa shape index (κ2) is 16.7. The Kier molecular flexibility index (Phi) is 15.0. The van der Waals surface area contributed by atoms with Crippen LogP contribution >= 0.6 is 0 Å². The van der Waals surface area contributed by atoms with Crippen LogP contribution in [0.4, 0.5) is 5.69 Å². The van der Waals surface area contributed by atoms with E-state index in [2.05, 4.69) is 6.92 Å². The zero-order valence-corrected chi connectivity index (χ0v) is 19.4. The van der Waals surface area contributed by atoms with Crippen molar-refractivity contribution < 1.29 is 12.6 Å². The van der Waals surface area contributed by atoms with Gasteiger partial charge in [0.25, 0.3) is 10.1 Å². The van der Waals surface area contributed by atoms with E-state index in [0.717, 1.165) is 19.3 Å². The SMILES string of the molecule is CCCCCCCCCCCCCCCCCCOS(=O)(=O)c1ccc(N)cc1. The summed E-state index contributed by atoms with van der Waals surface area (Å²) in [4.78, 5) is 0.170. The first-order chi connectivity index (χ1) is 14.1. The standard InChI is InChI=1S/C24H43NO3S/c1-2-3-4-5-6-7-8-9-10-11-12-13-14-15-16-17-22-28-29(26,27)24-20-18-23(25)19-21-24/h18-21H,2-17,22,25H2,1H3. The van der Waals surface area contributed by atoms with E-state index < -0.39 is 10.1 Å². The summed E-state index contributed by atoms with van der Waals surface area (Å²) in [6.45, 7) is 2.52. The third-order valence-corrected chi connectivity index (χ3v) is 6.73. The van der Waals surface area contributed by atoms with E-state index in [-0.39, 0.29) is 11.5 Å². The van der Waals surface area contributed by atoms with Gasteiger partial charge in [0.2, 0.25) is 0 Å². The minimum absolute atomic E-state index is 0.170. The van der Waals surface area contributed by atoms with Gasteiger partial charge in [0.15, 0.2) is 0 Å². The van der Waals surface area contributed by atoms with Crippen LogP contribution in [0.25, 0.3) is 0 Å². The number of benzene rings is 1. The molecule has 29 heavy (non-hydrogen) atoms. The second-order valence-corrected chi connectivity index (χ2v) is 9.76. The molecule has 0 atom stereocenters. The molecule has 1 aromatic rings. The molecule has 0 saturated carbocycles. The first-order valence-corrected chi connectivity index (χ1v) is 13.2. The summed E-state index contributed by atoms with van der Waals surface area (Å²) in [5.41, 5.74) is 6.12. The lowest BCUT2D eigenvalue weighted by Crippen LogP contribution is -2.07. The maximum absolute atomic E-state index is 12.0. The Morgan fingerprint density at radius 1 is 0.655 bits per heavy atom. The largest absolute Gasteiger partial charge is 0.399 e. The van der Waals surface area contributed by atoms with Gasteiger partial charge < -0.3 is 5.73 Å². The van der Waals surface area contributed by atoms with Gasteiger partial charge in [0.1, 0.15) is 0 Å². The molecule has 1 aromatic carbocycles. The van der Waals surface area contributed by atoms with E-state index in [1.165, 1.54) is 95.6 Å². The van der Waals surface area contributed by atoms with Crippen molar-refractivity contribution in [1.82, 2.24) is 0 Å². The van der Waals surface area contributed by atoms with Crippen LogP contribution in [0.2, 0.25) is 0 Å². The molecule has 0 heterocycles. The molecule has 0 aromatic heterocycles. The number of hydrogen-bond donors (Lipinski definition) is 1. The Hall–Kier alpha value is -1.07. The minimum Gasteiger partial charge on any atom is -0.399 e. The summed E-state index contributed by atoms with van der Waals surface area (Å²) >= 11 is 0. The highest BCUT2D eigenvalue weighted by Gasteiger charge is 2.14. The van der Waals surface area contributed by atoms with Crippen LogP contribution in [0, 0.1) is 0 Å². The van der Waals surface area contributed by atoms with Crippen LogP contribution in [-0.4, -0.2) is 15.0 Å². The minimum atomic E-state index is -3.65. The number of nitrogen functional groups attached to an aromatic ring is 1. The predicted octanol–water partition coefficient (Wildman–Crippen LogP) is 7.24.